The van der Waals surface area contributed by atoms with Crippen LogP contribution in [0.25, 0.3) is 0 Å². The Labute approximate surface area is 125 Å². The Morgan fingerprint density at radius 2 is 2.05 bits per heavy atom. The zero-order valence-corrected chi connectivity index (χ0v) is 12.8. The van der Waals surface area contributed by atoms with Crippen LogP contribution in [0, 0.1) is 5.82 Å². The molecule has 4 heteroatoms. The molecule has 2 rings (SSSR count). The van der Waals surface area contributed by atoms with Gasteiger partial charge in [0, 0.05) is 31.5 Å². The van der Waals surface area contributed by atoms with Crippen LogP contribution in [-0.2, 0) is 13.1 Å². The molecule has 112 valence electrons. The van der Waals surface area contributed by atoms with Gasteiger partial charge in [-0.3, -0.25) is 4.98 Å². The highest BCUT2D eigenvalue weighted by Gasteiger charge is 2.10. The lowest BCUT2D eigenvalue weighted by atomic mass is 10.1. The van der Waals surface area contributed by atoms with Crippen LogP contribution in [0.3, 0.4) is 0 Å². The molecule has 0 aliphatic carbocycles. The largest absolute Gasteiger partial charge is 0.368 e. The van der Waals surface area contributed by atoms with E-state index in [1.807, 2.05) is 31.3 Å². The second kappa shape index (κ2) is 7.18. The average molecular weight is 287 g/mol. The zero-order chi connectivity index (χ0) is 15.2. The number of aromatic nitrogens is 1. The van der Waals surface area contributed by atoms with Crippen molar-refractivity contribution in [1.82, 2.24) is 10.3 Å². The Morgan fingerprint density at radius 3 is 2.71 bits per heavy atom. The lowest BCUT2D eigenvalue weighted by Gasteiger charge is -2.23. The molecular formula is C17H22FN3. The molecule has 1 N–H and O–H groups in total. The van der Waals surface area contributed by atoms with Gasteiger partial charge < -0.3 is 10.2 Å². The molecule has 0 bridgehead atoms. The summed E-state index contributed by atoms with van der Waals surface area (Å²) in [6.45, 7) is 5.51. The molecule has 3 nitrogen and oxygen atoms in total. The molecule has 1 aromatic heterocycles. The van der Waals surface area contributed by atoms with Crippen molar-refractivity contribution in [2.75, 3.05) is 11.9 Å². The number of benzene rings is 1. The van der Waals surface area contributed by atoms with E-state index in [-0.39, 0.29) is 5.82 Å². The van der Waals surface area contributed by atoms with Crippen LogP contribution in [0.5, 0.6) is 0 Å². The molecule has 0 fully saturated rings. The molecule has 0 aliphatic rings. The highest BCUT2D eigenvalue weighted by Crippen LogP contribution is 2.22. The van der Waals surface area contributed by atoms with E-state index >= 15 is 0 Å². The number of rotatable bonds is 6. The molecule has 1 heterocycles. The first-order valence-electron chi connectivity index (χ1n) is 7.19. The van der Waals surface area contributed by atoms with Crippen LogP contribution in [0.1, 0.15) is 25.1 Å². The third-order valence-corrected chi connectivity index (χ3v) is 3.28. The summed E-state index contributed by atoms with van der Waals surface area (Å²) < 4.78 is 13.5. The van der Waals surface area contributed by atoms with E-state index in [1.54, 1.807) is 12.3 Å². The van der Waals surface area contributed by atoms with Crippen molar-refractivity contribution >= 4 is 5.69 Å². The monoisotopic (exact) mass is 287 g/mol. The first-order valence-corrected chi connectivity index (χ1v) is 7.19. The van der Waals surface area contributed by atoms with E-state index in [0.29, 0.717) is 19.1 Å². The van der Waals surface area contributed by atoms with Gasteiger partial charge in [0.05, 0.1) is 12.2 Å². The first kappa shape index (κ1) is 15.4. The average Bonchev–Trinajstić information content (AvgIpc) is 2.46. The maximum atomic E-state index is 13.5. The molecule has 0 spiro atoms. The highest BCUT2D eigenvalue weighted by molar-refractivity contribution is 5.53. The molecule has 21 heavy (non-hydrogen) atoms. The van der Waals surface area contributed by atoms with Crippen molar-refractivity contribution < 1.29 is 4.39 Å². The summed E-state index contributed by atoms with van der Waals surface area (Å²) in [7, 11) is 2.00. The Kier molecular flexibility index (Phi) is 5.28. The minimum absolute atomic E-state index is 0.203. The summed E-state index contributed by atoms with van der Waals surface area (Å²) in [5, 5.41) is 3.34. The van der Waals surface area contributed by atoms with E-state index in [0.717, 1.165) is 16.9 Å². The molecule has 2 aromatic rings. The summed E-state index contributed by atoms with van der Waals surface area (Å²) in [5.74, 6) is -0.203. The molecule has 0 radical (unpaired) electrons. The summed E-state index contributed by atoms with van der Waals surface area (Å²) in [5.41, 5.74) is 2.98. The fraction of sp³-hybridized carbons (Fsp3) is 0.353. The topological polar surface area (TPSA) is 28.2 Å². The Hall–Kier alpha value is -1.94. The molecular weight excluding hydrogens is 265 g/mol. The van der Waals surface area contributed by atoms with Gasteiger partial charge in [0.25, 0.3) is 0 Å². The highest BCUT2D eigenvalue weighted by atomic mass is 19.1. The summed E-state index contributed by atoms with van der Waals surface area (Å²) in [6, 6.07) is 11.2. The second-order valence-electron chi connectivity index (χ2n) is 5.49. The van der Waals surface area contributed by atoms with Crippen LogP contribution in [0.4, 0.5) is 10.1 Å². The SMILES string of the molecule is CC(C)NCc1cc(F)ccc1N(C)Cc1ccccn1. The van der Waals surface area contributed by atoms with Crippen molar-refractivity contribution in [3.05, 3.63) is 59.7 Å². The van der Waals surface area contributed by atoms with Crippen molar-refractivity contribution in [3.8, 4) is 0 Å². The lowest BCUT2D eigenvalue weighted by Crippen LogP contribution is -2.25. The van der Waals surface area contributed by atoms with Gasteiger partial charge in [-0.15, -0.1) is 0 Å². The maximum Gasteiger partial charge on any atom is 0.123 e. The van der Waals surface area contributed by atoms with Crippen LogP contribution >= 0.6 is 0 Å². The minimum Gasteiger partial charge on any atom is -0.368 e. The predicted octanol–water partition coefficient (Wildman–Crippen LogP) is 3.36. The minimum atomic E-state index is -0.203. The van der Waals surface area contributed by atoms with Gasteiger partial charge in [-0.05, 0) is 35.9 Å². The van der Waals surface area contributed by atoms with Crippen LogP contribution < -0.4 is 10.2 Å². The number of nitrogens with zero attached hydrogens (tertiary/aromatic N) is 2. The van der Waals surface area contributed by atoms with E-state index < -0.39 is 0 Å². The number of hydrogen-bond acceptors (Lipinski definition) is 3. The van der Waals surface area contributed by atoms with Gasteiger partial charge in [0.2, 0.25) is 0 Å². The molecule has 0 saturated heterocycles. The Bertz CT molecular complexity index is 570. The first-order chi connectivity index (χ1) is 10.1. The van der Waals surface area contributed by atoms with E-state index in [4.69, 9.17) is 0 Å². The number of hydrogen-bond donors (Lipinski definition) is 1. The van der Waals surface area contributed by atoms with E-state index in [2.05, 4.69) is 29.0 Å². The lowest BCUT2D eigenvalue weighted by molar-refractivity contribution is 0.580. The maximum absolute atomic E-state index is 13.5. The summed E-state index contributed by atoms with van der Waals surface area (Å²) in [6.07, 6.45) is 1.79. The van der Waals surface area contributed by atoms with Gasteiger partial charge in [-0.25, -0.2) is 4.39 Å². The predicted molar refractivity (Wildman–Crippen MR) is 84.7 cm³/mol. The number of nitrogens with one attached hydrogen (secondary N) is 1. The van der Waals surface area contributed by atoms with Crippen molar-refractivity contribution in [2.45, 2.75) is 33.0 Å². The number of pyridine rings is 1. The Morgan fingerprint density at radius 1 is 1.24 bits per heavy atom. The normalized spacial score (nSPS) is 10.9. The quantitative estimate of drug-likeness (QED) is 0.883. The Balaban J connectivity index is 2.17. The molecule has 0 aliphatic heterocycles. The van der Waals surface area contributed by atoms with Gasteiger partial charge in [-0.2, -0.15) is 0 Å². The third kappa shape index (κ3) is 4.53. The molecule has 0 unspecified atom stereocenters. The van der Waals surface area contributed by atoms with Crippen molar-refractivity contribution in [2.24, 2.45) is 0 Å². The summed E-state index contributed by atoms with van der Waals surface area (Å²) in [4.78, 5) is 6.43. The molecule has 1 aromatic carbocycles. The van der Waals surface area contributed by atoms with Crippen molar-refractivity contribution in [1.29, 1.82) is 0 Å². The van der Waals surface area contributed by atoms with Crippen LogP contribution in [-0.4, -0.2) is 18.1 Å². The third-order valence-electron chi connectivity index (χ3n) is 3.28. The van der Waals surface area contributed by atoms with E-state index in [9.17, 15) is 4.39 Å². The number of anilines is 1. The fourth-order valence-electron chi connectivity index (χ4n) is 2.20. The number of halogens is 1. The fourth-order valence-corrected chi connectivity index (χ4v) is 2.20. The molecule has 0 amide bonds. The second-order valence-corrected chi connectivity index (χ2v) is 5.49. The van der Waals surface area contributed by atoms with Crippen LogP contribution in [0.2, 0.25) is 0 Å². The van der Waals surface area contributed by atoms with Crippen LogP contribution in [0.15, 0.2) is 42.6 Å². The van der Waals surface area contributed by atoms with E-state index in [1.165, 1.54) is 6.07 Å². The zero-order valence-electron chi connectivity index (χ0n) is 12.8. The van der Waals surface area contributed by atoms with Gasteiger partial charge in [0.15, 0.2) is 0 Å². The summed E-state index contributed by atoms with van der Waals surface area (Å²) >= 11 is 0. The molecule has 0 saturated carbocycles. The molecule has 0 atom stereocenters. The van der Waals surface area contributed by atoms with Crippen molar-refractivity contribution in [3.63, 3.8) is 0 Å². The van der Waals surface area contributed by atoms with Gasteiger partial charge >= 0.3 is 0 Å². The van der Waals surface area contributed by atoms with Gasteiger partial charge in [0.1, 0.15) is 5.82 Å². The standard InChI is InChI=1S/C17H22FN3/c1-13(2)20-11-14-10-15(18)7-8-17(14)21(3)12-16-6-4-5-9-19-16/h4-10,13,20H,11-12H2,1-3H3. The smallest absolute Gasteiger partial charge is 0.123 e. The van der Waals surface area contributed by atoms with Gasteiger partial charge in [-0.1, -0.05) is 19.9 Å².